The second-order valence-corrected chi connectivity index (χ2v) is 4.35. The van der Waals surface area contributed by atoms with E-state index in [1.54, 1.807) is 12.1 Å². The normalized spacial score (nSPS) is 11.9. The monoisotopic (exact) mass is 271 g/mol. The zero-order chi connectivity index (χ0) is 14.4. The van der Waals surface area contributed by atoms with Crippen molar-refractivity contribution in [1.82, 2.24) is 4.98 Å². The number of ether oxygens (including phenoxy) is 1. The number of aldehydes is 1. The minimum atomic E-state index is -0.458. The van der Waals surface area contributed by atoms with Crippen LogP contribution in [0.15, 0.2) is 42.5 Å². The van der Waals surface area contributed by atoms with Gasteiger partial charge in [0.1, 0.15) is 23.7 Å². The van der Waals surface area contributed by atoms with E-state index in [-0.39, 0.29) is 6.54 Å². The highest BCUT2D eigenvalue weighted by molar-refractivity contribution is 5.72. The Morgan fingerprint density at radius 1 is 1.20 bits per heavy atom. The lowest BCUT2D eigenvalue weighted by molar-refractivity contribution is 0.111. The van der Waals surface area contributed by atoms with Crippen molar-refractivity contribution in [3.8, 4) is 5.75 Å². The summed E-state index contributed by atoms with van der Waals surface area (Å²) in [6.45, 7) is 0.643. The van der Waals surface area contributed by atoms with Crippen LogP contribution in [0, 0.1) is 0 Å². The second-order valence-electron chi connectivity index (χ2n) is 4.35. The molecular weight excluding hydrogens is 254 g/mol. The maximum Gasteiger partial charge on any atom is 0.168 e. The second kappa shape index (κ2) is 6.79. The number of carbonyl (C=O) groups excluding carboxylic acids is 1. The number of rotatable bonds is 6. The van der Waals surface area contributed by atoms with Crippen LogP contribution in [0.2, 0.25) is 0 Å². The quantitative estimate of drug-likeness (QED) is 0.775. The number of nitrogens with zero attached hydrogens (tertiary/aromatic N) is 1. The summed E-state index contributed by atoms with van der Waals surface area (Å²) >= 11 is 0. The van der Waals surface area contributed by atoms with Crippen LogP contribution >= 0.6 is 0 Å². The van der Waals surface area contributed by atoms with Gasteiger partial charge in [-0.1, -0.05) is 30.3 Å². The minimum Gasteiger partial charge on any atom is -0.487 e. The van der Waals surface area contributed by atoms with E-state index in [2.05, 4.69) is 4.98 Å². The van der Waals surface area contributed by atoms with Crippen LogP contribution in [0.25, 0.3) is 0 Å². The fraction of sp³-hybridized carbons (Fsp3) is 0.200. The molecule has 2 rings (SSSR count). The fourth-order valence-electron chi connectivity index (χ4n) is 1.78. The number of hydrogen-bond donors (Lipinski definition) is 2. The molecule has 0 bridgehead atoms. The number of pyridine rings is 1. The van der Waals surface area contributed by atoms with Crippen LogP contribution in [0.1, 0.15) is 27.8 Å². The number of nitrogens with two attached hydrogens (primary N) is 2. The Hall–Kier alpha value is -2.24. The maximum absolute atomic E-state index is 10.8. The van der Waals surface area contributed by atoms with Gasteiger partial charge in [-0.05, 0) is 17.7 Å². The largest absolute Gasteiger partial charge is 0.487 e. The first-order chi connectivity index (χ1) is 9.74. The molecule has 1 atom stereocenters. The molecule has 0 saturated heterocycles. The predicted molar refractivity (Wildman–Crippen MR) is 76.4 cm³/mol. The van der Waals surface area contributed by atoms with Crippen molar-refractivity contribution < 1.29 is 9.53 Å². The van der Waals surface area contributed by atoms with Gasteiger partial charge in [0.05, 0.1) is 6.04 Å². The van der Waals surface area contributed by atoms with E-state index in [0.717, 1.165) is 5.56 Å². The van der Waals surface area contributed by atoms with Crippen molar-refractivity contribution >= 4 is 6.29 Å². The Bertz CT molecular complexity index is 573. The van der Waals surface area contributed by atoms with Crippen LogP contribution in [0.3, 0.4) is 0 Å². The van der Waals surface area contributed by atoms with Crippen molar-refractivity contribution in [3.05, 3.63) is 59.4 Å². The zero-order valence-corrected chi connectivity index (χ0v) is 11.0. The molecule has 4 N–H and O–H groups in total. The van der Waals surface area contributed by atoms with E-state index in [9.17, 15) is 4.79 Å². The van der Waals surface area contributed by atoms with Crippen LogP contribution in [0.5, 0.6) is 5.75 Å². The van der Waals surface area contributed by atoms with Crippen LogP contribution in [-0.2, 0) is 6.61 Å². The van der Waals surface area contributed by atoms with Gasteiger partial charge in [-0.15, -0.1) is 0 Å². The van der Waals surface area contributed by atoms with Gasteiger partial charge in [0, 0.05) is 6.54 Å². The lowest BCUT2D eigenvalue weighted by Gasteiger charge is -2.15. The topological polar surface area (TPSA) is 91.2 Å². The molecule has 1 aromatic heterocycles. The van der Waals surface area contributed by atoms with Gasteiger partial charge < -0.3 is 16.2 Å². The highest BCUT2D eigenvalue weighted by Crippen LogP contribution is 2.22. The van der Waals surface area contributed by atoms with E-state index in [1.807, 2.05) is 30.3 Å². The van der Waals surface area contributed by atoms with E-state index < -0.39 is 6.04 Å². The van der Waals surface area contributed by atoms with Crippen LogP contribution in [0.4, 0.5) is 0 Å². The molecule has 104 valence electrons. The molecule has 1 aromatic carbocycles. The summed E-state index contributed by atoms with van der Waals surface area (Å²) in [5.74, 6) is 0.553. The summed E-state index contributed by atoms with van der Waals surface area (Å²) in [7, 11) is 0. The minimum absolute atomic E-state index is 0.233. The molecule has 1 unspecified atom stereocenters. The van der Waals surface area contributed by atoms with Crippen molar-refractivity contribution in [3.63, 3.8) is 0 Å². The lowest BCUT2D eigenvalue weighted by Crippen LogP contribution is -2.23. The summed E-state index contributed by atoms with van der Waals surface area (Å²) in [6, 6.07) is 12.6. The average Bonchev–Trinajstić information content (AvgIpc) is 2.53. The Morgan fingerprint density at radius 2 is 1.95 bits per heavy atom. The molecule has 0 radical (unpaired) electrons. The molecule has 0 amide bonds. The first kappa shape index (κ1) is 14.2. The van der Waals surface area contributed by atoms with Gasteiger partial charge in [-0.2, -0.15) is 0 Å². The molecular formula is C15H17N3O2. The molecule has 20 heavy (non-hydrogen) atoms. The average molecular weight is 271 g/mol. The van der Waals surface area contributed by atoms with Crippen molar-refractivity contribution in [2.45, 2.75) is 12.6 Å². The first-order valence-corrected chi connectivity index (χ1v) is 6.33. The third-order valence-corrected chi connectivity index (χ3v) is 2.87. The van der Waals surface area contributed by atoms with Crippen LogP contribution < -0.4 is 16.2 Å². The van der Waals surface area contributed by atoms with E-state index >= 15 is 0 Å². The van der Waals surface area contributed by atoms with Crippen molar-refractivity contribution in [2.75, 3.05) is 6.54 Å². The zero-order valence-electron chi connectivity index (χ0n) is 11.0. The molecule has 0 aliphatic carbocycles. The van der Waals surface area contributed by atoms with E-state index in [4.69, 9.17) is 16.2 Å². The summed E-state index contributed by atoms with van der Waals surface area (Å²) in [4.78, 5) is 15.0. The third kappa shape index (κ3) is 3.40. The first-order valence-electron chi connectivity index (χ1n) is 6.33. The number of aromatic nitrogens is 1. The molecule has 5 nitrogen and oxygen atoms in total. The van der Waals surface area contributed by atoms with Gasteiger partial charge in [-0.25, -0.2) is 4.98 Å². The summed E-state index contributed by atoms with van der Waals surface area (Å²) in [5, 5.41) is 0. The lowest BCUT2D eigenvalue weighted by atomic mass is 10.1. The van der Waals surface area contributed by atoms with Gasteiger partial charge in [0.15, 0.2) is 6.29 Å². The summed E-state index contributed by atoms with van der Waals surface area (Å²) in [5.41, 5.74) is 13.3. The number of hydrogen-bond acceptors (Lipinski definition) is 5. The SMILES string of the molecule is NCC(N)c1nc(C=O)ccc1OCc1ccccc1. The predicted octanol–water partition coefficient (Wildman–Crippen LogP) is 1.43. The Balaban J connectivity index is 2.20. The molecule has 0 aliphatic heterocycles. The number of benzene rings is 1. The smallest absolute Gasteiger partial charge is 0.168 e. The molecule has 5 heteroatoms. The van der Waals surface area contributed by atoms with Gasteiger partial charge in [0.2, 0.25) is 0 Å². The number of carbonyl (C=O) groups is 1. The standard InChI is InChI=1S/C15H17N3O2/c16-8-13(17)15-14(7-6-12(9-19)18-15)20-10-11-4-2-1-3-5-11/h1-7,9,13H,8,10,16-17H2. The Labute approximate surface area is 117 Å². The molecule has 1 heterocycles. The Morgan fingerprint density at radius 3 is 2.60 bits per heavy atom. The van der Waals surface area contributed by atoms with E-state index in [0.29, 0.717) is 30.0 Å². The molecule has 0 spiro atoms. The van der Waals surface area contributed by atoms with Crippen molar-refractivity contribution in [1.29, 1.82) is 0 Å². The highest BCUT2D eigenvalue weighted by atomic mass is 16.5. The fourth-order valence-corrected chi connectivity index (χ4v) is 1.78. The molecule has 0 aliphatic rings. The highest BCUT2D eigenvalue weighted by Gasteiger charge is 2.14. The summed E-state index contributed by atoms with van der Waals surface area (Å²) in [6.07, 6.45) is 0.674. The summed E-state index contributed by atoms with van der Waals surface area (Å²) < 4.78 is 5.73. The van der Waals surface area contributed by atoms with Gasteiger partial charge in [0.25, 0.3) is 0 Å². The van der Waals surface area contributed by atoms with Gasteiger partial charge >= 0.3 is 0 Å². The molecule has 0 fully saturated rings. The van der Waals surface area contributed by atoms with E-state index in [1.165, 1.54) is 0 Å². The molecule has 2 aromatic rings. The van der Waals surface area contributed by atoms with Crippen LogP contribution in [-0.4, -0.2) is 17.8 Å². The van der Waals surface area contributed by atoms with Gasteiger partial charge in [-0.3, -0.25) is 4.79 Å². The third-order valence-electron chi connectivity index (χ3n) is 2.87. The van der Waals surface area contributed by atoms with Crippen molar-refractivity contribution in [2.24, 2.45) is 11.5 Å². The Kier molecular flexibility index (Phi) is 4.81. The molecule has 0 saturated carbocycles. The maximum atomic E-state index is 10.8.